The van der Waals surface area contributed by atoms with E-state index in [1.165, 1.54) is 11.8 Å². The van der Waals surface area contributed by atoms with Crippen LogP contribution in [0.5, 0.6) is 0 Å². The molecule has 7 nitrogen and oxygen atoms in total. The molecule has 2 rings (SSSR count). The molecule has 1 aromatic heterocycles. The Balaban J connectivity index is 2.18. The second kappa shape index (κ2) is 6.65. The van der Waals surface area contributed by atoms with E-state index in [1.807, 2.05) is 38.1 Å². The molecule has 110 valence electrons. The normalized spacial score (nSPS) is 10.2. The van der Waals surface area contributed by atoms with Crippen LogP contribution in [0, 0.1) is 17.0 Å². The lowest BCUT2D eigenvalue weighted by molar-refractivity contribution is -0.384. The molecule has 0 saturated carbocycles. The van der Waals surface area contributed by atoms with Crippen LogP contribution in [-0.4, -0.2) is 21.4 Å². The maximum atomic E-state index is 11.0. The van der Waals surface area contributed by atoms with Gasteiger partial charge in [0.05, 0.1) is 4.92 Å². The van der Waals surface area contributed by atoms with E-state index in [-0.39, 0.29) is 11.5 Å². The summed E-state index contributed by atoms with van der Waals surface area (Å²) >= 11 is 0. The first-order valence-electron chi connectivity index (χ1n) is 6.65. The second-order valence-corrected chi connectivity index (χ2v) is 4.55. The molecule has 0 aliphatic heterocycles. The number of benzene rings is 1. The zero-order valence-corrected chi connectivity index (χ0v) is 12.0. The van der Waals surface area contributed by atoms with Gasteiger partial charge in [-0.15, -0.1) is 0 Å². The highest BCUT2D eigenvalue weighted by molar-refractivity contribution is 5.57. The van der Waals surface area contributed by atoms with Crippen LogP contribution in [0.25, 0.3) is 0 Å². The average Bonchev–Trinajstić information content (AvgIpc) is 2.47. The lowest BCUT2D eigenvalue weighted by Crippen LogP contribution is -2.09. The van der Waals surface area contributed by atoms with Gasteiger partial charge >= 0.3 is 5.69 Å². The van der Waals surface area contributed by atoms with Crippen molar-refractivity contribution in [3.05, 3.63) is 51.7 Å². The fourth-order valence-corrected chi connectivity index (χ4v) is 1.77. The van der Waals surface area contributed by atoms with E-state index in [9.17, 15) is 10.1 Å². The molecule has 1 heterocycles. The summed E-state index contributed by atoms with van der Waals surface area (Å²) < 4.78 is 0. The van der Waals surface area contributed by atoms with E-state index >= 15 is 0 Å². The van der Waals surface area contributed by atoms with Crippen molar-refractivity contribution < 1.29 is 4.92 Å². The van der Waals surface area contributed by atoms with Crippen molar-refractivity contribution in [3.63, 3.8) is 0 Å². The lowest BCUT2D eigenvalue weighted by Gasteiger charge is -2.08. The Morgan fingerprint density at radius 2 is 1.95 bits per heavy atom. The standard InChI is InChI=1S/C14H17N5O2/c1-3-15-14-17-9-12(19(20)21)13(18-14)16-8-11-6-4-10(2)5-7-11/h4-7,9H,3,8H2,1-2H3,(H2,15,16,17,18). The summed E-state index contributed by atoms with van der Waals surface area (Å²) in [6, 6.07) is 7.94. The molecule has 0 aliphatic rings. The molecule has 0 radical (unpaired) electrons. The molecule has 0 saturated heterocycles. The molecule has 1 aromatic carbocycles. The predicted molar refractivity (Wildman–Crippen MR) is 81.4 cm³/mol. The van der Waals surface area contributed by atoms with Gasteiger partial charge in [-0.05, 0) is 19.4 Å². The summed E-state index contributed by atoms with van der Waals surface area (Å²) in [6.45, 7) is 5.03. The van der Waals surface area contributed by atoms with Crippen molar-refractivity contribution in [2.45, 2.75) is 20.4 Å². The SMILES string of the molecule is CCNc1ncc([N+](=O)[O-])c(NCc2ccc(C)cc2)n1. The third kappa shape index (κ3) is 3.88. The molecule has 0 spiro atoms. The number of aromatic nitrogens is 2. The van der Waals surface area contributed by atoms with Crippen molar-refractivity contribution in [3.8, 4) is 0 Å². The van der Waals surface area contributed by atoms with Crippen LogP contribution in [0.1, 0.15) is 18.1 Å². The van der Waals surface area contributed by atoms with Crippen molar-refractivity contribution >= 4 is 17.5 Å². The maximum Gasteiger partial charge on any atom is 0.329 e. The van der Waals surface area contributed by atoms with Gasteiger partial charge in [-0.2, -0.15) is 4.98 Å². The van der Waals surface area contributed by atoms with Gasteiger partial charge in [0.1, 0.15) is 6.20 Å². The quantitative estimate of drug-likeness (QED) is 0.627. The minimum absolute atomic E-state index is 0.135. The van der Waals surface area contributed by atoms with E-state index in [4.69, 9.17) is 0 Å². The fourth-order valence-electron chi connectivity index (χ4n) is 1.77. The predicted octanol–water partition coefficient (Wildman–Crippen LogP) is 2.74. The van der Waals surface area contributed by atoms with Crippen molar-refractivity contribution in [1.82, 2.24) is 9.97 Å². The van der Waals surface area contributed by atoms with Crippen LogP contribution < -0.4 is 10.6 Å². The monoisotopic (exact) mass is 287 g/mol. The van der Waals surface area contributed by atoms with Crippen LogP contribution >= 0.6 is 0 Å². The topological polar surface area (TPSA) is 93.0 Å². The van der Waals surface area contributed by atoms with Crippen LogP contribution in [0.4, 0.5) is 17.5 Å². The number of aryl methyl sites for hydroxylation is 1. The Kier molecular flexibility index (Phi) is 4.65. The Labute approximate surface area is 122 Å². The van der Waals surface area contributed by atoms with Gasteiger partial charge in [0, 0.05) is 13.1 Å². The molecule has 2 N–H and O–H groups in total. The first-order chi connectivity index (χ1) is 10.1. The zero-order valence-electron chi connectivity index (χ0n) is 12.0. The molecule has 0 unspecified atom stereocenters. The van der Waals surface area contributed by atoms with Crippen molar-refractivity contribution in [2.24, 2.45) is 0 Å². The summed E-state index contributed by atoms with van der Waals surface area (Å²) in [6.07, 6.45) is 1.21. The van der Waals surface area contributed by atoms with E-state index in [2.05, 4.69) is 20.6 Å². The Hall–Kier alpha value is -2.70. The summed E-state index contributed by atoms with van der Waals surface area (Å²) in [5, 5.41) is 16.9. The highest BCUT2D eigenvalue weighted by atomic mass is 16.6. The smallest absolute Gasteiger partial charge is 0.329 e. The molecular weight excluding hydrogens is 270 g/mol. The zero-order chi connectivity index (χ0) is 15.2. The van der Waals surface area contributed by atoms with Gasteiger partial charge in [0.2, 0.25) is 11.8 Å². The number of nitro groups is 1. The number of anilines is 2. The van der Waals surface area contributed by atoms with Gasteiger partial charge in [0.15, 0.2) is 0 Å². The van der Waals surface area contributed by atoms with Crippen molar-refractivity contribution in [2.75, 3.05) is 17.2 Å². The van der Waals surface area contributed by atoms with Crippen molar-refractivity contribution in [1.29, 1.82) is 0 Å². The summed E-state index contributed by atoms with van der Waals surface area (Å²) in [5.41, 5.74) is 2.06. The Morgan fingerprint density at radius 1 is 1.24 bits per heavy atom. The van der Waals surface area contributed by atoms with Gasteiger partial charge in [-0.1, -0.05) is 29.8 Å². The minimum Gasteiger partial charge on any atom is -0.360 e. The van der Waals surface area contributed by atoms with E-state index in [1.54, 1.807) is 0 Å². The Bertz CT molecular complexity index is 628. The van der Waals surface area contributed by atoms with Gasteiger partial charge in [-0.25, -0.2) is 4.98 Å². The summed E-state index contributed by atoms with van der Waals surface area (Å²) in [7, 11) is 0. The third-order valence-corrected chi connectivity index (χ3v) is 2.88. The van der Waals surface area contributed by atoms with E-state index < -0.39 is 4.92 Å². The minimum atomic E-state index is -0.493. The lowest BCUT2D eigenvalue weighted by atomic mass is 10.1. The molecule has 0 bridgehead atoms. The molecule has 0 atom stereocenters. The largest absolute Gasteiger partial charge is 0.360 e. The first-order valence-corrected chi connectivity index (χ1v) is 6.65. The highest BCUT2D eigenvalue weighted by Gasteiger charge is 2.16. The molecule has 21 heavy (non-hydrogen) atoms. The highest BCUT2D eigenvalue weighted by Crippen LogP contribution is 2.22. The number of hydrogen-bond acceptors (Lipinski definition) is 6. The molecule has 7 heteroatoms. The summed E-state index contributed by atoms with van der Waals surface area (Å²) in [4.78, 5) is 18.6. The van der Waals surface area contributed by atoms with E-state index in [0.29, 0.717) is 19.0 Å². The van der Waals surface area contributed by atoms with Gasteiger partial charge in [-0.3, -0.25) is 10.1 Å². The fraction of sp³-hybridized carbons (Fsp3) is 0.286. The number of hydrogen-bond donors (Lipinski definition) is 2. The molecule has 0 fully saturated rings. The van der Waals surface area contributed by atoms with Crippen LogP contribution in [0.3, 0.4) is 0 Å². The second-order valence-electron chi connectivity index (χ2n) is 4.55. The maximum absolute atomic E-state index is 11.0. The Morgan fingerprint density at radius 3 is 2.57 bits per heavy atom. The molecular formula is C14H17N5O2. The molecule has 0 aliphatic carbocycles. The average molecular weight is 287 g/mol. The third-order valence-electron chi connectivity index (χ3n) is 2.88. The molecule has 0 amide bonds. The summed E-state index contributed by atoms with van der Waals surface area (Å²) in [5.74, 6) is 0.584. The van der Waals surface area contributed by atoms with Crippen LogP contribution in [-0.2, 0) is 6.54 Å². The molecule has 2 aromatic rings. The first kappa shape index (κ1) is 14.7. The van der Waals surface area contributed by atoms with Crippen LogP contribution in [0.2, 0.25) is 0 Å². The van der Waals surface area contributed by atoms with Gasteiger partial charge in [0.25, 0.3) is 0 Å². The van der Waals surface area contributed by atoms with Gasteiger partial charge < -0.3 is 10.6 Å². The number of nitrogens with one attached hydrogen (secondary N) is 2. The van der Waals surface area contributed by atoms with Crippen LogP contribution in [0.15, 0.2) is 30.5 Å². The number of nitrogens with zero attached hydrogens (tertiary/aromatic N) is 3. The van der Waals surface area contributed by atoms with E-state index in [0.717, 1.165) is 5.56 Å². The number of rotatable bonds is 6.